The molecule has 1 heterocycles. The van der Waals surface area contributed by atoms with E-state index >= 15 is 0 Å². The number of sulfonamides is 1. The van der Waals surface area contributed by atoms with Gasteiger partial charge in [0, 0.05) is 39.1 Å². The van der Waals surface area contributed by atoms with Gasteiger partial charge in [-0.3, -0.25) is 9.59 Å². The molecule has 30 heavy (non-hydrogen) atoms. The van der Waals surface area contributed by atoms with Crippen LogP contribution >= 0.6 is 11.6 Å². The molecule has 1 saturated heterocycles. The van der Waals surface area contributed by atoms with Crippen molar-refractivity contribution in [3.63, 3.8) is 0 Å². The van der Waals surface area contributed by atoms with Crippen LogP contribution < -0.4 is 4.72 Å². The highest BCUT2D eigenvalue weighted by molar-refractivity contribution is 7.89. The minimum absolute atomic E-state index is 0.00287. The van der Waals surface area contributed by atoms with Gasteiger partial charge in [0.2, 0.25) is 15.9 Å². The Morgan fingerprint density at radius 3 is 2.23 bits per heavy atom. The SMILES string of the molecule is O=C(CCNS(=O)(=O)c1ccccc1Cl)N1CCN(C(=O)c2ccccc2O)CC1. The molecule has 0 aliphatic carbocycles. The fourth-order valence-electron chi connectivity index (χ4n) is 3.17. The topological polar surface area (TPSA) is 107 Å². The van der Waals surface area contributed by atoms with E-state index in [0.717, 1.165) is 0 Å². The second kappa shape index (κ2) is 9.46. The molecule has 0 radical (unpaired) electrons. The maximum Gasteiger partial charge on any atom is 0.257 e. The van der Waals surface area contributed by atoms with E-state index in [4.69, 9.17) is 11.6 Å². The molecular weight excluding hydrogens is 430 g/mol. The Balaban J connectivity index is 1.48. The van der Waals surface area contributed by atoms with Crippen LogP contribution in [0.15, 0.2) is 53.4 Å². The number of amides is 2. The lowest BCUT2D eigenvalue weighted by molar-refractivity contribution is -0.132. The van der Waals surface area contributed by atoms with Gasteiger partial charge in [0.15, 0.2) is 0 Å². The molecule has 0 unspecified atom stereocenters. The summed E-state index contributed by atoms with van der Waals surface area (Å²) in [7, 11) is -3.80. The number of hydrogen-bond donors (Lipinski definition) is 2. The first kappa shape index (κ1) is 22.1. The third-order valence-corrected chi connectivity index (χ3v) is 6.77. The number of nitrogens with zero attached hydrogens (tertiary/aromatic N) is 2. The molecule has 0 atom stereocenters. The summed E-state index contributed by atoms with van der Waals surface area (Å²) in [6.45, 7) is 1.31. The van der Waals surface area contributed by atoms with E-state index in [9.17, 15) is 23.1 Å². The lowest BCUT2D eigenvalue weighted by atomic mass is 10.1. The van der Waals surface area contributed by atoms with E-state index in [1.807, 2.05) is 0 Å². The van der Waals surface area contributed by atoms with Crippen LogP contribution in [0.3, 0.4) is 0 Å². The van der Waals surface area contributed by atoms with Crippen molar-refractivity contribution in [1.29, 1.82) is 0 Å². The number of benzene rings is 2. The predicted octanol–water partition coefficient (Wildman–Crippen LogP) is 1.70. The third-order valence-electron chi connectivity index (χ3n) is 4.81. The zero-order valence-electron chi connectivity index (χ0n) is 16.1. The van der Waals surface area contributed by atoms with Gasteiger partial charge in [-0.2, -0.15) is 0 Å². The fraction of sp³-hybridized carbons (Fsp3) is 0.300. The van der Waals surface area contributed by atoms with Crippen LogP contribution in [-0.4, -0.2) is 67.9 Å². The van der Waals surface area contributed by atoms with Gasteiger partial charge in [-0.15, -0.1) is 0 Å². The van der Waals surface area contributed by atoms with Crippen LogP contribution in [0.4, 0.5) is 0 Å². The molecule has 160 valence electrons. The van der Waals surface area contributed by atoms with E-state index in [2.05, 4.69) is 4.72 Å². The van der Waals surface area contributed by atoms with Crippen LogP contribution in [0, 0.1) is 0 Å². The van der Waals surface area contributed by atoms with Gasteiger partial charge in [-0.05, 0) is 24.3 Å². The van der Waals surface area contributed by atoms with Gasteiger partial charge >= 0.3 is 0 Å². The Bertz CT molecular complexity index is 1040. The summed E-state index contributed by atoms with van der Waals surface area (Å²) < 4.78 is 27.0. The maximum atomic E-state index is 12.5. The summed E-state index contributed by atoms with van der Waals surface area (Å²) >= 11 is 5.92. The van der Waals surface area contributed by atoms with Gasteiger partial charge in [0.25, 0.3) is 5.91 Å². The average molecular weight is 452 g/mol. The minimum atomic E-state index is -3.80. The lowest BCUT2D eigenvalue weighted by Gasteiger charge is -2.35. The Morgan fingerprint density at radius 1 is 0.967 bits per heavy atom. The van der Waals surface area contributed by atoms with Crippen molar-refractivity contribution in [3.8, 4) is 5.75 Å². The Labute approximate surface area is 180 Å². The number of carbonyl (C=O) groups is 2. The third kappa shape index (κ3) is 5.10. The van der Waals surface area contributed by atoms with Gasteiger partial charge in [0.05, 0.1) is 10.6 Å². The van der Waals surface area contributed by atoms with Gasteiger partial charge in [0.1, 0.15) is 10.6 Å². The van der Waals surface area contributed by atoms with E-state index in [0.29, 0.717) is 26.2 Å². The molecule has 10 heteroatoms. The molecule has 0 aromatic heterocycles. The largest absolute Gasteiger partial charge is 0.507 e. The summed E-state index contributed by atoms with van der Waals surface area (Å²) in [4.78, 5) is 28.1. The maximum absolute atomic E-state index is 12.5. The van der Waals surface area contributed by atoms with Crippen molar-refractivity contribution in [3.05, 3.63) is 59.1 Å². The Hall–Kier alpha value is -2.62. The van der Waals surface area contributed by atoms with Crippen LogP contribution in [0.1, 0.15) is 16.8 Å². The lowest BCUT2D eigenvalue weighted by Crippen LogP contribution is -2.51. The molecule has 8 nitrogen and oxygen atoms in total. The van der Waals surface area contributed by atoms with Crippen molar-refractivity contribution in [2.45, 2.75) is 11.3 Å². The number of phenolic OH excluding ortho intramolecular Hbond substituents is 1. The molecule has 1 aliphatic rings. The molecule has 0 saturated carbocycles. The fourth-order valence-corrected chi connectivity index (χ4v) is 4.72. The number of piperazine rings is 1. The van der Waals surface area contributed by atoms with Crippen molar-refractivity contribution >= 4 is 33.4 Å². The van der Waals surface area contributed by atoms with E-state index < -0.39 is 10.0 Å². The molecule has 3 rings (SSSR count). The minimum Gasteiger partial charge on any atom is -0.507 e. The molecule has 1 fully saturated rings. The number of para-hydroxylation sites is 1. The van der Waals surface area contributed by atoms with Gasteiger partial charge in [-0.1, -0.05) is 35.9 Å². The molecular formula is C20H22ClN3O5S. The number of halogens is 1. The highest BCUT2D eigenvalue weighted by Crippen LogP contribution is 2.20. The standard InChI is InChI=1S/C20H22ClN3O5S/c21-16-6-2-4-8-18(16)30(28,29)22-10-9-19(26)23-11-13-24(14-12-23)20(27)15-5-1-3-7-17(15)25/h1-8,22,25H,9-14H2. The molecule has 0 bridgehead atoms. The van der Waals surface area contributed by atoms with E-state index in [1.165, 1.54) is 18.2 Å². The molecule has 2 aromatic rings. The van der Waals surface area contributed by atoms with Crippen molar-refractivity contribution in [2.24, 2.45) is 0 Å². The summed E-state index contributed by atoms with van der Waals surface area (Å²) in [5.74, 6) is -0.564. The Kier molecular flexibility index (Phi) is 6.96. The van der Waals surface area contributed by atoms with Gasteiger partial charge < -0.3 is 14.9 Å². The highest BCUT2D eigenvalue weighted by Gasteiger charge is 2.26. The van der Waals surface area contributed by atoms with Crippen molar-refractivity contribution < 1.29 is 23.1 Å². The highest BCUT2D eigenvalue weighted by atomic mass is 35.5. The second-order valence-corrected chi connectivity index (χ2v) is 8.91. The quantitative estimate of drug-likeness (QED) is 0.695. The van der Waals surface area contributed by atoms with E-state index in [1.54, 1.807) is 40.1 Å². The molecule has 2 aromatic carbocycles. The molecule has 2 amide bonds. The van der Waals surface area contributed by atoms with Crippen LogP contribution in [-0.2, 0) is 14.8 Å². The number of carbonyl (C=O) groups excluding carboxylic acids is 2. The zero-order chi connectivity index (χ0) is 21.7. The smallest absolute Gasteiger partial charge is 0.257 e. The number of aromatic hydroxyl groups is 1. The second-order valence-electron chi connectivity index (χ2n) is 6.77. The summed E-state index contributed by atoms with van der Waals surface area (Å²) in [6, 6.07) is 12.4. The van der Waals surface area contributed by atoms with Crippen LogP contribution in [0.25, 0.3) is 0 Å². The zero-order valence-corrected chi connectivity index (χ0v) is 17.7. The predicted molar refractivity (Wildman–Crippen MR) is 112 cm³/mol. The van der Waals surface area contributed by atoms with E-state index in [-0.39, 0.29) is 46.0 Å². The normalized spacial score (nSPS) is 14.6. The van der Waals surface area contributed by atoms with Crippen LogP contribution in [0.2, 0.25) is 5.02 Å². The first-order valence-corrected chi connectivity index (χ1v) is 11.2. The Morgan fingerprint density at radius 2 is 1.57 bits per heavy atom. The molecule has 1 aliphatic heterocycles. The average Bonchev–Trinajstić information content (AvgIpc) is 2.73. The molecule has 0 spiro atoms. The summed E-state index contributed by atoms with van der Waals surface area (Å²) in [6.07, 6.45) is -0.00287. The van der Waals surface area contributed by atoms with Gasteiger partial charge in [-0.25, -0.2) is 13.1 Å². The first-order chi connectivity index (χ1) is 14.3. The van der Waals surface area contributed by atoms with Crippen LogP contribution in [0.5, 0.6) is 5.75 Å². The monoisotopic (exact) mass is 451 g/mol. The number of nitrogens with one attached hydrogen (secondary N) is 1. The van der Waals surface area contributed by atoms with Crippen molar-refractivity contribution in [2.75, 3.05) is 32.7 Å². The summed E-state index contributed by atoms with van der Waals surface area (Å²) in [5.41, 5.74) is 0.228. The first-order valence-electron chi connectivity index (χ1n) is 9.39. The molecule has 2 N–H and O–H groups in total. The summed E-state index contributed by atoms with van der Waals surface area (Å²) in [5, 5.41) is 9.95. The number of phenols is 1. The number of rotatable bonds is 6. The van der Waals surface area contributed by atoms with Crippen molar-refractivity contribution in [1.82, 2.24) is 14.5 Å². The number of hydrogen-bond acceptors (Lipinski definition) is 5.